The summed E-state index contributed by atoms with van der Waals surface area (Å²) in [5, 5.41) is 0. The lowest BCUT2D eigenvalue weighted by Crippen LogP contribution is -1.98. The zero-order chi connectivity index (χ0) is 10.3. The molecule has 0 aromatic carbocycles. The molecule has 0 bridgehead atoms. The zero-order valence-corrected chi connectivity index (χ0v) is 9.33. The van der Waals surface area contributed by atoms with E-state index in [1.54, 1.807) is 0 Å². The van der Waals surface area contributed by atoms with Crippen molar-refractivity contribution in [3.8, 4) is 11.4 Å². The highest BCUT2D eigenvalue weighted by atomic mass is 32.1. The van der Waals surface area contributed by atoms with Gasteiger partial charge in [-0.25, -0.2) is 4.98 Å². The second-order valence-corrected chi connectivity index (χ2v) is 3.99. The number of H-pyrrole nitrogens is 1. The lowest BCUT2D eigenvalue weighted by Gasteiger charge is -2.11. The first kappa shape index (κ1) is 9.34. The van der Waals surface area contributed by atoms with Crippen LogP contribution in [0.25, 0.3) is 11.4 Å². The van der Waals surface area contributed by atoms with Crippen LogP contribution in [0.15, 0.2) is 12.3 Å². The molecule has 1 N–H and O–H groups in total. The largest absolute Gasteiger partial charge is 0.346 e. The van der Waals surface area contributed by atoms with Crippen molar-refractivity contribution < 1.29 is 0 Å². The van der Waals surface area contributed by atoms with Gasteiger partial charge in [0.15, 0.2) is 0 Å². The van der Waals surface area contributed by atoms with Crippen molar-refractivity contribution in [2.75, 3.05) is 0 Å². The van der Waals surface area contributed by atoms with E-state index in [2.05, 4.69) is 29.9 Å². The van der Waals surface area contributed by atoms with Gasteiger partial charge >= 0.3 is 0 Å². The summed E-state index contributed by atoms with van der Waals surface area (Å²) in [4.78, 5) is 7.49. The van der Waals surface area contributed by atoms with Crippen LogP contribution in [0.4, 0.5) is 0 Å². The molecule has 0 aliphatic carbocycles. The molecular weight excluding hydrogens is 192 g/mol. The Labute approximate surface area is 88.4 Å². The Bertz CT molecular complexity index is 514. The molecule has 2 aliphatic rings. The summed E-state index contributed by atoms with van der Waals surface area (Å²) >= 11 is 5.13. The Kier molecular flexibility index (Phi) is 2.11. The predicted molar refractivity (Wildman–Crippen MR) is 60.3 cm³/mol. The summed E-state index contributed by atoms with van der Waals surface area (Å²) in [5.74, 6) is 0.878. The molecule has 2 nitrogen and oxygen atoms in total. The number of pyridine rings is 2. The number of rotatable bonds is 0. The van der Waals surface area contributed by atoms with Crippen molar-refractivity contribution in [2.24, 2.45) is 0 Å². The second-order valence-electron chi connectivity index (χ2n) is 3.60. The monoisotopic (exact) mass is 204 g/mol. The van der Waals surface area contributed by atoms with E-state index in [1.165, 1.54) is 11.1 Å². The second kappa shape index (κ2) is 3.17. The van der Waals surface area contributed by atoms with Crippen molar-refractivity contribution in [2.45, 2.75) is 20.8 Å². The van der Waals surface area contributed by atoms with E-state index in [4.69, 9.17) is 12.2 Å². The Morgan fingerprint density at radius 1 is 1.21 bits per heavy atom. The van der Waals surface area contributed by atoms with Crippen LogP contribution in [-0.2, 0) is 0 Å². The molecule has 0 spiro atoms. The fraction of sp³-hybridized carbons (Fsp3) is 0.273. The van der Waals surface area contributed by atoms with E-state index in [0.717, 1.165) is 17.0 Å². The molecule has 0 amide bonds. The molecule has 0 unspecified atom stereocenters. The highest BCUT2D eigenvalue weighted by Crippen LogP contribution is 2.24. The third-order valence-corrected chi connectivity index (χ3v) is 3.00. The molecule has 72 valence electrons. The molecule has 2 aliphatic heterocycles. The van der Waals surface area contributed by atoms with E-state index in [9.17, 15) is 0 Å². The van der Waals surface area contributed by atoms with Crippen molar-refractivity contribution in [1.29, 1.82) is 0 Å². The first-order chi connectivity index (χ1) is 6.59. The van der Waals surface area contributed by atoms with Crippen molar-refractivity contribution in [3.63, 3.8) is 0 Å². The molecule has 0 aromatic heterocycles. The number of hydrogen-bond acceptors (Lipinski definition) is 2. The smallest absolute Gasteiger partial charge is 0.139 e. The van der Waals surface area contributed by atoms with Crippen LogP contribution in [0, 0.1) is 25.4 Å². The lowest BCUT2D eigenvalue weighted by atomic mass is 10.0. The number of aromatic nitrogens is 2. The zero-order valence-electron chi connectivity index (χ0n) is 8.51. The fourth-order valence-electron chi connectivity index (χ4n) is 1.49. The van der Waals surface area contributed by atoms with Gasteiger partial charge in [-0.15, -0.1) is 0 Å². The molecule has 0 aromatic rings. The van der Waals surface area contributed by atoms with Gasteiger partial charge in [0.2, 0.25) is 0 Å². The maximum Gasteiger partial charge on any atom is 0.139 e. The van der Waals surface area contributed by atoms with Gasteiger partial charge < -0.3 is 4.98 Å². The molecule has 14 heavy (non-hydrogen) atoms. The number of nitrogens with zero attached hydrogens (tertiary/aromatic N) is 1. The summed E-state index contributed by atoms with van der Waals surface area (Å²) in [6.45, 7) is 6.19. The third-order valence-electron chi connectivity index (χ3n) is 2.59. The van der Waals surface area contributed by atoms with Crippen LogP contribution >= 0.6 is 12.2 Å². The third kappa shape index (κ3) is 1.34. The molecular formula is C11H12N2S. The van der Waals surface area contributed by atoms with Gasteiger partial charge in [-0.2, -0.15) is 0 Å². The fourth-order valence-corrected chi connectivity index (χ4v) is 1.64. The van der Waals surface area contributed by atoms with Crippen molar-refractivity contribution in [3.05, 3.63) is 33.6 Å². The van der Waals surface area contributed by atoms with Crippen LogP contribution in [0.1, 0.15) is 16.7 Å². The minimum Gasteiger partial charge on any atom is -0.346 e. The average Bonchev–Trinajstić information content (AvgIpc) is 2.15. The summed E-state index contributed by atoms with van der Waals surface area (Å²) in [6.07, 6.45) is 1.97. The molecule has 0 radical (unpaired) electrons. The van der Waals surface area contributed by atoms with E-state index in [0.29, 0.717) is 4.64 Å². The van der Waals surface area contributed by atoms with Gasteiger partial charge in [-0.1, -0.05) is 12.2 Å². The molecule has 2 rings (SSSR count). The Balaban J connectivity index is 2.90. The molecule has 0 fully saturated rings. The van der Waals surface area contributed by atoms with Crippen LogP contribution in [0.2, 0.25) is 0 Å². The first-order valence-electron chi connectivity index (χ1n) is 4.56. The van der Waals surface area contributed by atoms with Crippen LogP contribution in [0.3, 0.4) is 0 Å². The number of nitrogens with one attached hydrogen (secondary N) is 1. The summed E-state index contributed by atoms with van der Waals surface area (Å²) in [6, 6.07) is 2.10. The van der Waals surface area contributed by atoms with Gasteiger partial charge in [0.1, 0.15) is 10.5 Å². The van der Waals surface area contributed by atoms with E-state index in [-0.39, 0.29) is 0 Å². The van der Waals surface area contributed by atoms with Crippen LogP contribution in [-0.4, -0.2) is 9.97 Å². The minimum atomic E-state index is 0.678. The Hall–Kier alpha value is -1.22. The van der Waals surface area contributed by atoms with Crippen molar-refractivity contribution >= 4 is 12.2 Å². The minimum absolute atomic E-state index is 0.678. The van der Waals surface area contributed by atoms with Gasteiger partial charge in [-0.3, -0.25) is 0 Å². The van der Waals surface area contributed by atoms with Crippen molar-refractivity contribution in [1.82, 2.24) is 9.97 Å². The highest BCUT2D eigenvalue weighted by molar-refractivity contribution is 7.71. The topological polar surface area (TPSA) is 28.7 Å². The number of fused-ring (bicyclic) bond motifs is 1. The van der Waals surface area contributed by atoms with E-state index in [1.807, 2.05) is 13.1 Å². The normalized spacial score (nSPS) is 10.8. The molecule has 3 heteroatoms. The maximum atomic E-state index is 5.13. The molecule has 2 heterocycles. The first-order valence-corrected chi connectivity index (χ1v) is 4.96. The standard InChI is InChI=1S/C11H12N2S/c1-6-4-9-8(3)7(2)5-12-10(9)13-11(6)14/h4-5H,1-3H3,(H,12,13,14). The average molecular weight is 204 g/mol. The SMILES string of the molecule is Cc1c[nH]c2nc(=S)c(C)cc-2c1C. The quantitative estimate of drug-likeness (QED) is 0.668. The van der Waals surface area contributed by atoms with E-state index >= 15 is 0 Å². The highest BCUT2D eigenvalue weighted by Gasteiger charge is 2.09. The van der Waals surface area contributed by atoms with Gasteiger partial charge in [-0.05, 0) is 43.5 Å². The van der Waals surface area contributed by atoms with Gasteiger partial charge in [0, 0.05) is 11.8 Å². The summed E-state index contributed by atoms with van der Waals surface area (Å²) in [7, 11) is 0. The number of hydrogen-bond donors (Lipinski definition) is 1. The summed E-state index contributed by atoms with van der Waals surface area (Å²) < 4.78 is 0.678. The summed E-state index contributed by atoms with van der Waals surface area (Å²) in [5.41, 5.74) is 4.74. The Morgan fingerprint density at radius 3 is 2.64 bits per heavy atom. The predicted octanol–water partition coefficient (Wildman–Crippen LogP) is 3.17. The van der Waals surface area contributed by atoms with E-state index < -0.39 is 0 Å². The van der Waals surface area contributed by atoms with Crippen LogP contribution in [0.5, 0.6) is 0 Å². The van der Waals surface area contributed by atoms with Gasteiger partial charge in [0.25, 0.3) is 0 Å². The maximum absolute atomic E-state index is 5.13. The number of aromatic amines is 1. The van der Waals surface area contributed by atoms with Gasteiger partial charge in [0.05, 0.1) is 0 Å². The molecule has 0 saturated heterocycles. The Morgan fingerprint density at radius 2 is 1.93 bits per heavy atom. The lowest BCUT2D eigenvalue weighted by molar-refractivity contribution is 1.11. The van der Waals surface area contributed by atoms with Crippen LogP contribution < -0.4 is 0 Å². The molecule has 0 atom stereocenters. The number of aryl methyl sites for hydroxylation is 2. The molecule has 0 saturated carbocycles.